The summed E-state index contributed by atoms with van der Waals surface area (Å²) in [5.74, 6) is 0.567. The average molecular weight is 664 g/mol. The summed E-state index contributed by atoms with van der Waals surface area (Å²) in [6, 6.07) is 29.4. The number of pyridine rings is 1. The van der Waals surface area contributed by atoms with Crippen LogP contribution < -0.4 is 25.7 Å². The second-order valence-electron chi connectivity index (χ2n) is 12.4. The van der Waals surface area contributed by atoms with Crippen LogP contribution in [0.2, 0.25) is 0 Å². The minimum Gasteiger partial charge on any atom is -0.506 e. The minimum atomic E-state index is -1.10. The number of ether oxygens (including phenoxy) is 2. The van der Waals surface area contributed by atoms with Crippen molar-refractivity contribution >= 4 is 16.9 Å². The molecule has 4 aromatic carbocycles. The number of aliphatic carboxylic acids is 1. The number of aromatic hydroxyl groups is 1. The average Bonchev–Trinajstić information content (AvgIpc) is 3.50. The van der Waals surface area contributed by atoms with Crippen LogP contribution in [0.1, 0.15) is 53.2 Å². The maximum absolute atomic E-state index is 12.4. The molecule has 10 heteroatoms. The van der Waals surface area contributed by atoms with Gasteiger partial charge < -0.3 is 35.1 Å². The number of hydrogen-bond acceptors (Lipinski definition) is 8. The van der Waals surface area contributed by atoms with E-state index in [1.54, 1.807) is 12.1 Å². The highest BCUT2D eigenvalue weighted by Crippen LogP contribution is 2.37. The molecule has 0 aliphatic heterocycles. The van der Waals surface area contributed by atoms with Gasteiger partial charge in [0.2, 0.25) is 5.56 Å². The number of fused-ring (bicyclic) bond motifs is 2. The van der Waals surface area contributed by atoms with Crippen molar-refractivity contribution in [2.24, 2.45) is 0 Å². The predicted molar refractivity (Wildman–Crippen MR) is 187 cm³/mol. The third-order valence-electron chi connectivity index (χ3n) is 9.03. The van der Waals surface area contributed by atoms with E-state index in [0.717, 1.165) is 47.3 Å². The van der Waals surface area contributed by atoms with E-state index in [0.29, 0.717) is 61.5 Å². The molecule has 6 N–H and O–H groups in total. The van der Waals surface area contributed by atoms with E-state index in [2.05, 4.69) is 15.6 Å². The fourth-order valence-electron chi connectivity index (χ4n) is 6.42. The van der Waals surface area contributed by atoms with E-state index < -0.39 is 17.6 Å². The van der Waals surface area contributed by atoms with Crippen LogP contribution in [0.15, 0.2) is 102 Å². The van der Waals surface area contributed by atoms with Crippen molar-refractivity contribution in [2.75, 3.05) is 19.7 Å². The van der Waals surface area contributed by atoms with Gasteiger partial charge in [0.05, 0.1) is 18.2 Å². The molecule has 0 saturated carbocycles. The standard InChI is InChI=1S/C39H41N3O7/c43-34-15-13-31(32-14-16-36(45)42-37(32)34)35(44)24-40-19-3-4-20-48-29-10-6-8-27(22-29)25-49-30-11-5-7-26(21-30)23-41-39(38(46)47)18-17-28-9-1-2-12-33(28)39/h1-2,5-16,21-22,35,40-41,43-44H,3-4,17-20,23-25H2,(H,42,45)(H,46,47)/t35-,39?/m0/s1. The number of aryl methyl sites for hydroxylation is 1. The summed E-state index contributed by atoms with van der Waals surface area (Å²) in [6.07, 6.45) is 2.13. The largest absolute Gasteiger partial charge is 0.506 e. The zero-order valence-corrected chi connectivity index (χ0v) is 27.2. The van der Waals surface area contributed by atoms with Gasteiger partial charge in [-0.15, -0.1) is 0 Å². The Balaban J connectivity index is 0.923. The van der Waals surface area contributed by atoms with Crippen LogP contribution >= 0.6 is 0 Å². The van der Waals surface area contributed by atoms with Crippen LogP contribution in [-0.2, 0) is 29.9 Å². The van der Waals surface area contributed by atoms with Crippen molar-refractivity contribution in [3.05, 3.63) is 135 Å². The Bertz CT molecular complexity index is 1980. The van der Waals surface area contributed by atoms with Gasteiger partial charge in [-0.1, -0.05) is 54.6 Å². The van der Waals surface area contributed by atoms with E-state index in [1.807, 2.05) is 72.8 Å². The number of phenols is 1. The number of rotatable bonds is 16. The van der Waals surface area contributed by atoms with Crippen LogP contribution in [-0.4, -0.2) is 46.0 Å². The van der Waals surface area contributed by atoms with Gasteiger partial charge in [-0.3, -0.25) is 10.1 Å². The topological polar surface area (TPSA) is 153 Å². The lowest BCUT2D eigenvalue weighted by molar-refractivity contribution is -0.145. The molecule has 5 aromatic rings. The molecule has 2 atom stereocenters. The number of aromatic amines is 1. The second-order valence-corrected chi connectivity index (χ2v) is 12.4. The molecule has 49 heavy (non-hydrogen) atoms. The molecule has 1 aliphatic rings. The summed E-state index contributed by atoms with van der Waals surface area (Å²) in [6.45, 7) is 2.33. The first-order valence-corrected chi connectivity index (χ1v) is 16.6. The Morgan fingerprint density at radius 1 is 0.898 bits per heavy atom. The fraction of sp³-hybridized carbons (Fsp3) is 0.282. The minimum absolute atomic E-state index is 0.0343. The van der Waals surface area contributed by atoms with Gasteiger partial charge in [-0.05, 0) is 96.4 Å². The number of hydrogen-bond donors (Lipinski definition) is 6. The number of unbranched alkanes of at least 4 members (excludes halogenated alkanes) is 1. The lowest BCUT2D eigenvalue weighted by Gasteiger charge is -2.27. The van der Waals surface area contributed by atoms with Crippen molar-refractivity contribution in [1.82, 2.24) is 15.6 Å². The fourth-order valence-corrected chi connectivity index (χ4v) is 6.42. The molecule has 1 unspecified atom stereocenters. The molecular weight excluding hydrogens is 622 g/mol. The van der Waals surface area contributed by atoms with Crippen molar-refractivity contribution in [2.45, 2.75) is 50.5 Å². The maximum atomic E-state index is 12.4. The van der Waals surface area contributed by atoms with Gasteiger partial charge in [-0.2, -0.15) is 0 Å². The molecule has 0 saturated heterocycles. The Kier molecular flexibility index (Phi) is 10.6. The number of H-pyrrole nitrogens is 1. The van der Waals surface area contributed by atoms with Gasteiger partial charge >= 0.3 is 5.97 Å². The molecule has 1 heterocycles. The summed E-state index contributed by atoms with van der Waals surface area (Å²) in [5.41, 5.74) is 3.36. The van der Waals surface area contributed by atoms with Crippen LogP contribution in [0.5, 0.6) is 17.2 Å². The summed E-state index contributed by atoms with van der Waals surface area (Å²) in [5, 5.41) is 38.1. The molecule has 0 fully saturated rings. The summed E-state index contributed by atoms with van der Waals surface area (Å²) in [4.78, 5) is 26.6. The highest BCUT2D eigenvalue weighted by Gasteiger charge is 2.45. The van der Waals surface area contributed by atoms with Gasteiger partial charge in [0.25, 0.3) is 0 Å². The predicted octanol–water partition coefficient (Wildman–Crippen LogP) is 5.31. The zero-order valence-electron chi connectivity index (χ0n) is 27.2. The van der Waals surface area contributed by atoms with Crippen molar-refractivity contribution < 1.29 is 29.6 Å². The Hall–Kier alpha value is -5.16. The number of carboxylic acids is 1. The quantitative estimate of drug-likeness (QED) is 0.0772. The molecule has 0 bridgehead atoms. The molecule has 0 amide bonds. The van der Waals surface area contributed by atoms with Crippen molar-refractivity contribution in [1.29, 1.82) is 0 Å². The lowest BCUT2D eigenvalue weighted by atomic mass is 9.91. The Morgan fingerprint density at radius 3 is 2.51 bits per heavy atom. The van der Waals surface area contributed by atoms with E-state index in [4.69, 9.17) is 9.47 Å². The van der Waals surface area contributed by atoms with Crippen molar-refractivity contribution in [3.63, 3.8) is 0 Å². The second kappa shape index (κ2) is 15.4. The number of aromatic nitrogens is 1. The van der Waals surface area contributed by atoms with E-state index in [-0.39, 0.29) is 11.3 Å². The van der Waals surface area contributed by atoms with Crippen LogP contribution in [0.25, 0.3) is 10.9 Å². The summed E-state index contributed by atoms with van der Waals surface area (Å²) >= 11 is 0. The van der Waals surface area contributed by atoms with Crippen LogP contribution in [0.3, 0.4) is 0 Å². The maximum Gasteiger partial charge on any atom is 0.328 e. The van der Waals surface area contributed by atoms with Crippen LogP contribution in [0.4, 0.5) is 0 Å². The van der Waals surface area contributed by atoms with Gasteiger partial charge in [0, 0.05) is 24.5 Å². The number of aliphatic hydroxyl groups excluding tert-OH is 1. The molecule has 0 radical (unpaired) electrons. The SMILES string of the molecule is O=C(O)C1(NCc2cccc(OCc3cccc(OCCCCNC[C@H](O)c4ccc(O)c5[nH]c(=O)ccc45)c3)c2)CCc2ccccc21. The lowest BCUT2D eigenvalue weighted by Crippen LogP contribution is -2.47. The smallest absolute Gasteiger partial charge is 0.328 e. The van der Waals surface area contributed by atoms with E-state index >= 15 is 0 Å². The molecule has 0 spiro atoms. The number of phenolic OH excluding ortho intramolecular Hbond substituents is 1. The number of nitrogens with one attached hydrogen (secondary N) is 3. The number of carboxylic acid groups (broad SMARTS) is 1. The van der Waals surface area contributed by atoms with Crippen molar-refractivity contribution in [3.8, 4) is 17.2 Å². The van der Waals surface area contributed by atoms with E-state index in [1.165, 1.54) is 12.1 Å². The van der Waals surface area contributed by atoms with Crippen LogP contribution in [0, 0.1) is 0 Å². The third kappa shape index (κ3) is 7.94. The molecular formula is C39H41N3O7. The molecule has 254 valence electrons. The number of carbonyl (C=O) groups is 1. The Labute approximate surface area is 284 Å². The molecule has 6 rings (SSSR count). The first-order chi connectivity index (χ1) is 23.8. The first-order valence-electron chi connectivity index (χ1n) is 16.6. The van der Waals surface area contributed by atoms with Gasteiger partial charge in [0.15, 0.2) is 0 Å². The summed E-state index contributed by atoms with van der Waals surface area (Å²) in [7, 11) is 0. The third-order valence-corrected chi connectivity index (χ3v) is 9.03. The first kappa shape index (κ1) is 33.7. The van der Waals surface area contributed by atoms with Gasteiger partial charge in [0.1, 0.15) is 29.4 Å². The monoisotopic (exact) mass is 663 g/mol. The summed E-state index contributed by atoms with van der Waals surface area (Å²) < 4.78 is 12.1. The van der Waals surface area contributed by atoms with E-state index in [9.17, 15) is 24.9 Å². The Morgan fingerprint density at radius 2 is 1.67 bits per heavy atom. The molecule has 1 aromatic heterocycles. The normalized spacial score (nSPS) is 15.9. The zero-order chi connectivity index (χ0) is 34.2. The molecule has 10 nitrogen and oxygen atoms in total. The van der Waals surface area contributed by atoms with Gasteiger partial charge in [-0.25, -0.2) is 4.79 Å². The molecule has 1 aliphatic carbocycles. The highest BCUT2D eigenvalue weighted by molar-refractivity contribution is 5.87. The highest BCUT2D eigenvalue weighted by atomic mass is 16.5. The number of aliphatic hydroxyl groups is 1. The number of benzene rings is 4.